The summed E-state index contributed by atoms with van der Waals surface area (Å²) in [4.78, 5) is 26.0. The minimum Gasteiger partial charge on any atom is -0.486 e. The van der Waals surface area contributed by atoms with Crippen LogP contribution >= 0.6 is 11.6 Å². The molecule has 0 spiro atoms. The lowest BCUT2D eigenvalue weighted by Crippen LogP contribution is -2.27. The monoisotopic (exact) mass is 462 g/mol. The van der Waals surface area contributed by atoms with E-state index in [2.05, 4.69) is 5.10 Å². The van der Waals surface area contributed by atoms with Crippen molar-refractivity contribution in [3.63, 3.8) is 0 Å². The van der Waals surface area contributed by atoms with E-state index in [4.69, 9.17) is 25.8 Å². The summed E-state index contributed by atoms with van der Waals surface area (Å²) in [5.41, 5.74) is 1.35. The maximum atomic E-state index is 13.0. The summed E-state index contributed by atoms with van der Waals surface area (Å²) < 4.78 is 17.9. The molecule has 166 valence electrons. The largest absolute Gasteiger partial charge is 0.486 e. The Labute approximate surface area is 194 Å². The Kier molecular flexibility index (Phi) is 5.71. The van der Waals surface area contributed by atoms with Gasteiger partial charge in [0.2, 0.25) is 0 Å². The van der Waals surface area contributed by atoms with Gasteiger partial charge in [0.25, 0.3) is 5.56 Å². The SMILES string of the molecule is O=C(OCc1cc(Cl)c2c(c1)OCCO2)c1nn(Cc2ccccc2)c(=O)c2ccccc12. The van der Waals surface area contributed by atoms with Gasteiger partial charge in [-0.3, -0.25) is 4.79 Å². The summed E-state index contributed by atoms with van der Waals surface area (Å²) in [6, 6.07) is 19.7. The fourth-order valence-corrected chi connectivity index (χ4v) is 4.00. The Hall–Kier alpha value is -3.84. The summed E-state index contributed by atoms with van der Waals surface area (Å²) in [7, 11) is 0. The molecule has 0 atom stereocenters. The highest BCUT2D eigenvalue weighted by Gasteiger charge is 2.20. The quantitative estimate of drug-likeness (QED) is 0.413. The van der Waals surface area contributed by atoms with Crippen LogP contribution in [0.3, 0.4) is 0 Å². The van der Waals surface area contributed by atoms with Crippen molar-refractivity contribution in [2.45, 2.75) is 13.2 Å². The van der Waals surface area contributed by atoms with Crippen molar-refractivity contribution in [1.82, 2.24) is 9.78 Å². The molecule has 8 heteroatoms. The molecule has 0 unspecified atom stereocenters. The number of esters is 1. The molecule has 7 nitrogen and oxygen atoms in total. The number of carbonyl (C=O) groups excluding carboxylic acids is 1. The highest BCUT2D eigenvalue weighted by molar-refractivity contribution is 6.32. The zero-order valence-corrected chi connectivity index (χ0v) is 18.2. The van der Waals surface area contributed by atoms with Gasteiger partial charge < -0.3 is 14.2 Å². The van der Waals surface area contributed by atoms with E-state index in [0.29, 0.717) is 46.1 Å². The van der Waals surface area contributed by atoms with Crippen LogP contribution in [0.1, 0.15) is 21.6 Å². The number of halogens is 1. The number of carbonyl (C=O) groups is 1. The van der Waals surface area contributed by atoms with Gasteiger partial charge in [-0.15, -0.1) is 0 Å². The summed E-state index contributed by atoms with van der Waals surface area (Å²) in [5, 5.41) is 5.58. The third-order valence-electron chi connectivity index (χ3n) is 5.26. The van der Waals surface area contributed by atoms with Gasteiger partial charge in [0, 0.05) is 5.39 Å². The molecule has 0 saturated heterocycles. The van der Waals surface area contributed by atoms with Crippen LogP contribution in [0.25, 0.3) is 10.8 Å². The Morgan fingerprint density at radius 2 is 1.70 bits per heavy atom. The van der Waals surface area contributed by atoms with Crippen LogP contribution in [0.15, 0.2) is 71.5 Å². The number of ether oxygens (including phenoxy) is 3. The van der Waals surface area contributed by atoms with Crippen molar-refractivity contribution in [1.29, 1.82) is 0 Å². The highest BCUT2D eigenvalue weighted by atomic mass is 35.5. The van der Waals surface area contributed by atoms with Crippen molar-refractivity contribution in [2.24, 2.45) is 0 Å². The molecule has 1 aliphatic rings. The third kappa shape index (κ3) is 4.27. The van der Waals surface area contributed by atoms with Crippen LogP contribution in [0, 0.1) is 0 Å². The zero-order valence-electron chi connectivity index (χ0n) is 17.5. The van der Waals surface area contributed by atoms with Crippen molar-refractivity contribution in [3.8, 4) is 11.5 Å². The lowest BCUT2D eigenvalue weighted by Gasteiger charge is -2.20. The van der Waals surface area contributed by atoms with Gasteiger partial charge in [0.05, 0.1) is 17.0 Å². The third-order valence-corrected chi connectivity index (χ3v) is 5.54. The van der Waals surface area contributed by atoms with E-state index in [1.54, 1.807) is 36.4 Å². The van der Waals surface area contributed by atoms with Gasteiger partial charge in [-0.05, 0) is 29.3 Å². The normalized spacial score (nSPS) is 12.5. The van der Waals surface area contributed by atoms with Gasteiger partial charge in [-0.2, -0.15) is 5.10 Å². The van der Waals surface area contributed by atoms with Crippen molar-refractivity contribution in [2.75, 3.05) is 13.2 Å². The molecule has 0 aliphatic carbocycles. The van der Waals surface area contributed by atoms with Gasteiger partial charge in [-0.1, -0.05) is 60.1 Å². The molecule has 2 heterocycles. The molecule has 3 aromatic carbocycles. The van der Waals surface area contributed by atoms with Crippen LogP contribution in [-0.2, 0) is 17.9 Å². The van der Waals surface area contributed by atoms with E-state index in [9.17, 15) is 9.59 Å². The number of aromatic nitrogens is 2. The maximum Gasteiger partial charge on any atom is 0.359 e. The van der Waals surface area contributed by atoms with E-state index < -0.39 is 5.97 Å². The molecule has 0 radical (unpaired) electrons. The van der Waals surface area contributed by atoms with Crippen molar-refractivity contribution in [3.05, 3.63) is 98.9 Å². The number of hydrogen-bond acceptors (Lipinski definition) is 6. The minimum absolute atomic E-state index is 0.0387. The number of nitrogens with zero attached hydrogens (tertiary/aromatic N) is 2. The second-order valence-electron chi connectivity index (χ2n) is 7.52. The van der Waals surface area contributed by atoms with Crippen LogP contribution in [-0.4, -0.2) is 29.0 Å². The first-order valence-corrected chi connectivity index (χ1v) is 10.8. The fourth-order valence-electron chi connectivity index (χ4n) is 3.71. The Morgan fingerprint density at radius 3 is 2.52 bits per heavy atom. The molecule has 0 fully saturated rings. The average molecular weight is 463 g/mol. The van der Waals surface area contributed by atoms with E-state index in [0.717, 1.165) is 5.56 Å². The van der Waals surface area contributed by atoms with Gasteiger partial charge in [0.15, 0.2) is 17.2 Å². The van der Waals surface area contributed by atoms with Crippen molar-refractivity contribution >= 4 is 28.3 Å². The van der Waals surface area contributed by atoms with Crippen LogP contribution in [0.4, 0.5) is 0 Å². The molecule has 0 saturated carbocycles. The predicted octanol–water partition coefficient (Wildman–Crippen LogP) is 4.23. The zero-order chi connectivity index (χ0) is 22.8. The van der Waals surface area contributed by atoms with E-state index in [1.807, 2.05) is 30.3 Å². The minimum atomic E-state index is -0.640. The summed E-state index contributed by atoms with van der Waals surface area (Å²) in [6.45, 7) is 1.05. The van der Waals surface area contributed by atoms with E-state index >= 15 is 0 Å². The van der Waals surface area contributed by atoms with Crippen LogP contribution in [0.5, 0.6) is 11.5 Å². The number of fused-ring (bicyclic) bond motifs is 2. The molecule has 0 amide bonds. The Balaban J connectivity index is 1.45. The molecular formula is C25H19ClN2O5. The topological polar surface area (TPSA) is 79.7 Å². The van der Waals surface area contributed by atoms with Gasteiger partial charge in [0.1, 0.15) is 19.8 Å². The van der Waals surface area contributed by atoms with Crippen molar-refractivity contribution < 1.29 is 19.0 Å². The highest BCUT2D eigenvalue weighted by Crippen LogP contribution is 2.38. The summed E-state index contributed by atoms with van der Waals surface area (Å²) >= 11 is 6.28. The second-order valence-corrected chi connectivity index (χ2v) is 7.93. The molecular weight excluding hydrogens is 444 g/mol. The smallest absolute Gasteiger partial charge is 0.359 e. The standard InChI is InChI=1S/C25H19ClN2O5/c26-20-12-17(13-21-23(20)32-11-10-31-21)15-33-25(30)22-18-8-4-5-9-19(18)24(29)28(27-22)14-16-6-2-1-3-7-16/h1-9,12-13H,10-11,14-15H2. The first-order valence-electron chi connectivity index (χ1n) is 10.4. The van der Waals surface area contributed by atoms with Crippen LogP contribution in [0.2, 0.25) is 5.02 Å². The second kappa shape index (κ2) is 8.96. The lowest BCUT2D eigenvalue weighted by atomic mass is 10.1. The molecule has 4 aromatic rings. The first-order chi connectivity index (χ1) is 16.1. The molecule has 0 bridgehead atoms. The lowest BCUT2D eigenvalue weighted by molar-refractivity contribution is 0.0464. The first kappa shape index (κ1) is 21.0. The summed E-state index contributed by atoms with van der Waals surface area (Å²) in [6.07, 6.45) is 0. The average Bonchev–Trinajstić information content (AvgIpc) is 2.85. The van der Waals surface area contributed by atoms with E-state index in [1.165, 1.54) is 4.68 Å². The van der Waals surface area contributed by atoms with E-state index in [-0.39, 0.29) is 24.4 Å². The van der Waals surface area contributed by atoms with Gasteiger partial charge >= 0.3 is 5.97 Å². The number of hydrogen-bond donors (Lipinski definition) is 0. The Morgan fingerprint density at radius 1 is 0.970 bits per heavy atom. The van der Waals surface area contributed by atoms with Crippen LogP contribution < -0.4 is 15.0 Å². The molecule has 33 heavy (non-hydrogen) atoms. The number of rotatable bonds is 5. The molecule has 1 aliphatic heterocycles. The molecule has 5 rings (SSSR count). The summed E-state index contributed by atoms with van der Waals surface area (Å²) in [5.74, 6) is 0.359. The van der Waals surface area contributed by atoms with Gasteiger partial charge in [-0.25, -0.2) is 9.48 Å². The maximum absolute atomic E-state index is 13.0. The molecule has 0 N–H and O–H groups in total. The fraction of sp³-hybridized carbons (Fsp3) is 0.160. The molecule has 1 aromatic heterocycles. The predicted molar refractivity (Wildman–Crippen MR) is 123 cm³/mol. The Bertz CT molecular complexity index is 1400. The number of benzene rings is 3.